The SMILES string of the molecule is Cl.O=C(C1CCNC1)N1CCC(Oc2ccc(F)cc2)CC1. The molecule has 1 aromatic rings. The van der Waals surface area contributed by atoms with Crippen molar-refractivity contribution in [2.24, 2.45) is 5.92 Å². The first kappa shape index (κ1) is 17.0. The summed E-state index contributed by atoms with van der Waals surface area (Å²) in [5, 5.41) is 3.24. The molecule has 2 aliphatic heterocycles. The third-order valence-corrected chi connectivity index (χ3v) is 4.28. The lowest BCUT2D eigenvalue weighted by atomic mass is 10.0. The van der Waals surface area contributed by atoms with Gasteiger partial charge in [-0.25, -0.2) is 4.39 Å². The zero-order valence-electron chi connectivity index (χ0n) is 12.5. The van der Waals surface area contributed by atoms with Gasteiger partial charge in [-0.2, -0.15) is 0 Å². The number of benzene rings is 1. The predicted molar refractivity (Wildman–Crippen MR) is 84.9 cm³/mol. The lowest BCUT2D eigenvalue weighted by molar-refractivity contribution is -0.136. The number of hydrogen-bond donors (Lipinski definition) is 1. The quantitative estimate of drug-likeness (QED) is 0.925. The molecule has 2 saturated heterocycles. The van der Waals surface area contributed by atoms with Gasteiger partial charge in [0, 0.05) is 32.5 Å². The van der Waals surface area contributed by atoms with E-state index < -0.39 is 0 Å². The van der Waals surface area contributed by atoms with Crippen molar-refractivity contribution in [3.8, 4) is 5.75 Å². The van der Waals surface area contributed by atoms with Crippen molar-refractivity contribution in [3.63, 3.8) is 0 Å². The van der Waals surface area contributed by atoms with E-state index in [9.17, 15) is 9.18 Å². The zero-order chi connectivity index (χ0) is 14.7. The fourth-order valence-electron chi connectivity index (χ4n) is 3.02. The van der Waals surface area contributed by atoms with Crippen LogP contribution in [0, 0.1) is 11.7 Å². The van der Waals surface area contributed by atoms with E-state index in [1.807, 2.05) is 4.90 Å². The Morgan fingerprint density at radius 2 is 1.86 bits per heavy atom. The van der Waals surface area contributed by atoms with Crippen LogP contribution in [0.2, 0.25) is 0 Å². The van der Waals surface area contributed by atoms with Crippen molar-refractivity contribution >= 4 is 18.3 Å². The first-order valence-electron chi connectivity index (χ1n) is 7.64. The number of rotatable bonds is 3. The fourth-order valence-corrected chi connectivity index (χ4v) is 3.02. The molecule has 2 heterocycles. The second kappa shape index (κ2) is 7.79. The van der Waals surface area contributed by atoms with E-state index >= 15 is 0 Å². The summed E-state index contributed by atoms with van der Waals surface area (Å²) >= 11 is 0. The van der Waals surface area contributed by atoms with Crippen molar-refractivity contribution < 1.29 is 13.9 Å². The van der Waals surface area contributed by atoms with Gasteiger partial charge in [0.05, 0.1) is 5.92 Å². The number of carbonyl (C=O) groups excluding carboxylic acids is 1. The van der Waals surface area contributed by atoms with Gasteiger partial charge in [0.1, 0.15) is 17.7 Å². The number of halogens is 2. The molecule has 1 N–H and O–H groups in total. The minimum absolute atomic E-state index is 0. The molecule has 0 aliphatic carbocycles. The van der Waals surface area contributed by atoms with E-state index in [2.05, 4.69) is 5.32 Å². The maximum absolute atomic E-state index is 12.8. The summed E-state index contributed by atoms with van der Waals surface area (Å²) in [7, 11) is 0. The van der Waals surface area contributed by atoms with Gasteiger partial charge in [-0.15, -0.1) is 12.4 Å². The zero-order valence-corrected chi connectivity index (χ0v) is 13.3. The summed E-state index contributed by atoms with van der Waals surface area (Å²) in [4.78, 5) is 14.3. The van der Waals surface area contributed by atoms with E-state index in [1.165, 1.54) is 12.1 Å². The van der Waals surface area contributed by atoms with Crippen LogP contribution in [-0.4, -0.2) is 43.1 Å². The smallest absolute Gasteiger partial charge is 0.227 e. The van der Waals surface area contributed by atoms with Gasteiger partial charge < -0.3 is 15.0 Å². The molecule has 2 aliphatic rings. The number of hydrogen-bond acceptors (Lipinski definition) is 3. The van der Waals surface area contributed by atoms with Crippen molar-refractivity contribution in [2.75, 3.05) is 26.2 Å². The van der Waals surface area contributed by atoms with Crippen molar-refractivity contribution in [1.82, 2.24) is 10.2 Å². The highest BCUT2D eigenvalue weighted by Crippen LogP contribution is 2.21. The van der Waals surface area contributed by atoms with Gasteiger partial charge in [-0.1, -0.05) is 0 Å². The second-order valence-corrected chi connectivity index (χ2v) is 5.79. The maximum atomic E-state index is 12.8. The molecule has 0 spiro atoms. The average Bonchev–Trinajstić information content (AvgIpc) is 3.04. The van der Waals surface area contributed by atoms with Crippen molar-refractivity contribution in [1.29, 1.82) is 0 Å². The molecule has 1 atom stereocenters. The molecule has 4 nitrogen and oxygen atoms in total. The molecule has 0 aromatic heterocycles. The highest BCUT2D eigenvalue weighted by atomic mass is 35.5. The van der Waals surface area contributed by atoms with Crippen LogP contribution in [0.25, 0.3) is 0 Å². The van der Waals surface area contributed by atoms with Crippen LogP contribution < -0.4 is 10.1 Å². The van der Waals surface area contributed by atoms with Gasteiger partial charge in [0.25, 0.3) is 0 Å². The minimum atomic E-state index is -0.257. The summed E-state index contributed by atoms with van der Waals surface area (Å²) in [5.41, 5.74) is 0. The molecule has 2 fully saturated rings. The number of ether oxygens (including phenoxy) is 1. The Bertz CT molecular complexity index is 483. The third kappa shape index (κ3) is 4.11. The van der Waals surface area contributed by atoms with Gasteiger partial charge in [-0.3, -0.25) is 4.79 Å². The van der Waals surface area contributed by atoms with E-state index in [4.69, 9.17) is 4.74 Å². The minimum Gasteiger partial charge on any atom is -0.490 e. The van der Waals surface area contributed by atoms with E-state index in [-0.39, 0.29) is 36.2 Å². The van der Waals surface area contributed by atoms with Gasteiger partial charge >= 0.3 is 0 Å². The van der Waals surface area contributed by atoms with Crippen LogP contribution in [0.1, 0.15) is 19.3 Å². The molecule has 0 radical (unpaired) electrons. The van der Waals surface area contributed by atoms with Crippen molar-refractivity contribution in [3.05, 3.63) is 30.1 Å². The lowest BCUT2D eigenvalue weighted by Gasteiger charge is -2.33. The van der Waals surface area contributed by atoms with Crippen LogP contribution in [0.4, 0.5) is 4.39 Å². The van der Waals surface area contributed by atoms with E-state index in [0.29, 0.717) is 5.75 Å². The first-order chi connectivity index (χ1) is 10.2. The number of carbonyl (C=O) groups is 1. The normalized spacial score (nSPS) is 22.2. The molecule has 122 valence electrons. The molecule has 1 unspecified atom stereocenters. The Hall–Kier alpha value is -1.33. The Morgan fingerprint density at radius 3 is 2.45 bits per heavy atom. The molecular formula is C16H22ClFN2O2. The first-order valence-corrected chi connectivity index (χ1v) is 7.64. The third-order valence-electron chi connectivity index (χ3n) is 4.28. The Balaban J connectivity index is 0.00000176. The Kier molecular flexibility index (Phi) is 6.03. The molecule has 3 rings (SSSR count). The van der Waals surface area contributed by atoms with Gasteiger partial charge in [0.15, 0.2) is 0 Å². The largest absolute Gasteiger partial charge is 0.490 e. The second-order valence-electron chi connectivity index (χ2n) is 5.79. The summed E-state index contributed by atoms with van der Waals surface area (Å²) in [6.45, 7) is 3.26. The predicted octanol–water partition coefficient (Wildman–Crippen LogP) is 2.23. The molecule has 0 bridgehead atoms. The number of amides is 1. The van der Waals surface area contributed by atoms with Gasteiger partial charge in [0.2, 0.25) is 5.91 Å². The van der Waals surface area contributed by atoms with Crippen LogP contribution in [-0.2, 0) is 4.79 Å². The monoisotopic (exact) mass is 328 g/mol. The highest BCUT2D eigenvalue weighted by molar-refractivity contribution is 5.85. The number of piperidine rings is 1. The van der Waals surface area contributed by atoms with E-state index in [0.717, 1.165) is 45.4 Å². The fraction of sp³-hybridized carbons (Fsp3) is 0.562. The summed E-state index contributed by atoms with van der Waals surface area (Å²) < 4.78 is 18.7. The Labute approximate surface area is 136 Å². The molecule has 0 saturated carbocycles. The Morgan fingerprint density at radius 1 is 1.18 bits per heavy atom. The number of nitrogens with one attached hydrogen (secondary N) is 1. The highest BCUT2D eigenvalue weighted by Gasteiger charge is 2.30. The van der Waals surface area contributed by atoms with Crippen LogP contribution in [0.5, 0.6) is 5.75 Å². The molecule has 1 amide bonds. The summed E-state index contributed by atoms with van der Waals surface area (Å²) in [5.74, 6) is 0.869. The van der Waals surface area contributed by atoms with Crippen LogP contribution >= 0.6 is 12.4 Å². The van der Waals surface area contributed by atoms with Crippen LogP contribution in [0.3, 0.4) is 0 Å². The number of likely N-dealkylation sites (tertiary alicyclic amines) is 1. The molecule has 6 heteroatoms. The standard InChI is InChI=1S/C16H21FN2O2.ClH/c17-13-1-3-14(4-2-13)21-15-6-9-19(10-7-15)16(20)12-5-8-18-11-12;/h1-4,12,15,18H,5-11H2;1H. The molecule has 22 heavy (non-hydrogen) atoms. The maximum Gasteiger partial charge on any atom is 0.227 e. The van der Waals surface area contributed by atoms with Gasteiger partial charge in [-0.05, 0) is 37.2 Å². The lowest BCUT2D eigenvalue weighted by Crippen LogP contribution is -2.44. The van der Waals surface area contributed by atoms with E-state index in [1.54, 1.807) is 12.1 Å². The number of nitrogens with zero attached hydrogens (tertiary/aromatic N) is 1. The molecule has 1 aromatic carbocycles. The molecular weight excluding hydrogens is 307 g/mol. The topological polar surface area (TPSA) is 41.6 Å². The summed E-state index contributed by atoms with van der Waals surface area (Å²) in [6, 6.07) is 6.11. The average molecular weight is 329 g/mol. The van der Waals surface area contributed by atoms with Crippen LogP contribution in [0.15, 0.2) is 24.3 Å². The summed E-state index contributed by atoms with van der Waals surface area (Å²) in [6.07, 6.45) is 2.73. The van der Waals surface area contributed by atoms with Crippen molar-refractivity contribution in [2.45, 2.75) is 25.4 Å².